The summed E-state index contributed by atoms with van der Waals surface area (Å²) in [6, 6.07) is 4.48. The van der Waals surface area contributed by atoms with Crippen molar-refractivity contribution < 1.29 is 13.0 Å². The van der Waals surface area contributed by atoms with Crippen molar-refractivity contribution in [3.63, 3.8) is 0 Å². The van der Waals surface area contributed by atoms with Crippen LogP contribution in [0.2, 0.25) is 0 Å². The molecule has 0 aromatic heterocycles. The van der Waals surface area contributed by atoms with Gasteiger partial charge in [-0.3, -0.25) is 9.55 Å². The van der Waals surface area contributed by atoms with Gasteiger partial charge >= 0.3 is 0 Å². The van der Waals surface area contributed by atoms with E-state index in [0.29, 0.717) is 0 Å². The first-order chi connectivity index (χ1) is 7.23. The first-order valence-corrected chi connectivity index (χ1v) is 6.35. The Labute approximate surface area is 123 Å². The van der Waals surface area contributed by atoms with E-state index in [2.05, 4.69) is 4.99 Å². The third kappa shape index (κ3) is 2.48. The molecule has 0 saturated heterocycles. The van der Waals surface area contributed by atoms with Crippen molar-refractivity contribution >= 4 is 51.1 Å². The molecule has 0 spiro atoms. The van der Waals surface area contributed by atoms with E-state index in [-0.39, 0.29) is 39.9 Å². The van der Waals surface area contributed by atoms with Gasteiger partial charge in [-0.1, -0.05) is 13.8 Å². The number of benzene rings is 1. The van der Waals surface area contributed by atoms with E-state index in [4.69, 9.17) is 4.55 Å². The first kappa shape index (κ1) is 14.9. The zero-order valence-electron chi connectivity index (χ0n) is 10.4. The molecule has 0 saturated carbocycles. The van der Waals surface area contributed by atoms with Gasteiger partial charge in [-0.15, -0.1) is 0 Å². The van der Waals surface area contributed by atoms with Crippen molar-refractivity contribution in [1.29, 1.82) is 0 Å². The standard InChI is InChI=1S/C11H13NO3S.Na/c1-7-11(2,3)9-6-8(16(13,14)15)4-5-10(9)12-7;/h4-6H,1-3H3,(H,13,14,15);. The monoisotopic (exact) mass is 262 g/mol. The van der Waals surface area contributed by atoms with Gasteiger partial charge in [0.15, 0.2) is 0 Å². The van der Waals surface area contributed by atoms with Crippen molar-refractivity contribution in [2.45, 2.75) is 31.1 Å². The van der Waals surface area contributed by atoms with Gasteiger partial charge < -0.3 is 0 Å². The molecule has 2 rings (SSSR count). The fraction of sp³-hybridized carbons (Fsp3) is 0.364. The molecule has 1 heterocycles. The topological polar surface area (TPSA) is 66.7 Å². The Balaban J connectivity index is 0.00000144. The van der Waals surface area contributed by atoms with Gasteiger partial charge in [-0.25, -0.2) is 0 Å². The number of aliphatic imine (C=N–C) groups is 1. The van der Waals surface area contributed by atoms with Crippen LogP contribution >= 0.6 is 0 Å². The number of fused-ring (bicyclic) bond motifs is 1. The minimum absolute atomic E-state index is 0. The van der Waals surface area contributed by atoms with Crippen LogP contribution in [-0.2, 0) is 15.5 Å². The smallest absolute Gasteiger partial charge is 0.282 e. The molecule has 6 heteroatoms. The third-order valence-electron chi connectivity index (χ3n) is 3.13. The second-order valence-corrected chi connectivity index (χ2v) is 5.90. The second-order valence-electron chi connectivity index (χ2n) is 4.48. The van der Waals surface area contributed by atoms with Crippen LogP contribution in [0.4, 0.5) is 5.69 Å². The fourth-order valence-electron chi connectivity index (χ4n) is 1.79. The number of hydrogen-bond donors (Lipinski definition) is 1. The molecule has 0 fully saturated rings. The molecule has 1 N–H and O–H groups in total. The van der Waals surface area contributed by atoms with E-state index >= 15 is 0 Å². The van der Waals surface area contributed by atoms with Gasteiger partial charge in [0, 0.05) is 40.7 Å². The zero-order valence-corrected chi connectivity index (χ0v) is 13.2. The van der Waals surface area contributed by atoms with Crippen LogP contribution in [0.15, 0.2) is 28.1 Å². The van der Waals surface area contributed by atoms with Crippen LogP contribution in [0, 0.1) is 0 Å². The van der Waals surface area contributed by atoms with Gasteiger partial charge in [0.2, 0.25) is 0 Å². The average Bonchev–Trinajstić information content (AvgIpc) is 2.37. The van der Waals surface area contributed by atoms with Gasteiger partial charge in [-0.2, -0.15) is 8.42 Å². The molecular formula is C11H13NNaO3S. The molecular weight excluding hydrogens is 249 g/mol. The minimum atomic E-state index is -4.14. The predicted molar refractivity (Wildman–Crippen MR) is 67.8 cm³/mol. The maximum Gasteiger partial charge on any atom is 0.294 e. The number of hydrogen-bond acceptors (Lipinski definition) is 3. The van der Waals surface area contributed by atoms with Gasteiger partial charge in [0.1, 0.15) is 0 Å². The van der Waals surface area contributed by atoms with Crippen LogP contribution in [0.25, 0.3) is 0 Å². The Kier molecular flexibility index (Phi) is 3.91. The molecule has 17 heavy (non-hydrogen) atoms. The van der Waals surface area contributed by atoms with Crippen molar-refractivity contribution in [1.82, 2.24) is 0 Å². The molecule has 1 radical (unpaired) electrons. The van der Waals surface area contributed by atoms with Crippen LogP contribution < -0.4 is 0 Å². The summed E-state index contributed by atoms with van der Waals surface area (Å²) < 4.78 is 31.1. The molecule has 0 bridgehead atoms. The normalized spacial score (nSPS) is 17.1. The Bertz CT molecular complexity index is 591. The van der Waals surface area contributed by atoms with Crippen molar-refractivity contribution in [3.8, 4) is 0 Å². The first-order valence-electron chi connectivity index (χ1n) is 4.91. The van der Waals surface area contributed by atoms with E-state index in [0.717, 1.165) is 17.0 Å². The summed E-state index contributed by atoms with van der Waals surface area (Å²) in [6.07, 6.45) is 0. The van der Waals surface area contributed by atoms with Gasteiger partial charge in [0.05, 0.1) is 10.6 Å². The quantitative estimate of drug-likeness (QED) is 0.621. The van der Waals surface area contributed by atoms with E-state index in [1.807, 2.05) is 20.8 Å². The summed E-state index contributed by atoms with van der Waals surface area (Å²) in [7, 11) is -4.14. The van der Waals surface area contributed by atoms with Crippen molar-refractivity contribution in [2.24, 2.45) is 4.99 Å². The Hall–Kier alpha value is -0.200. The van der Waals surface area contributed by atoms with Gasteiger partial charge in [0.25, 0.3) is 10.1 Å². The zero-order chi connectivity index (χ0) is 12.1. The SMILES string of the molecule is CC1=Nc2ccc(S(=O)(=O)O)cc2C1(C)C.[Na]. The molecule has 4 nitrogen and oxygen atoms in total. The summed E-state index contributed by atoms with van der Waals surface area (Å²) in [5, 5.41) is 0. The molecule has 87 valence electrons. The molecule has 1 aromatic carbocycles. The summed E-state index contributed by atoms with van der Waals surface area (Å²) in [6.45, 7) is 5.87. The Morgan fingerprint density at radius 1 is 1.29 bits per heavy atom. The van der Waals surface area contributed by atoms with E-state index in [1.54, 1.807) is 6.07 Å². The number of nitrogens with zero attached hydrogens (tertiary/aromatic N) is 1. The van der Waals surface area contributed by atoms with Crippen molar-refractivity contribution in [3.05, 3.63) is 23.8 Å². The van der Waals surface area contributed by atoms with Gasteiger partial charge in [-0.05, 0) is 30.7 Å². The van der Waals surface area contributed by atoms with E-state index < -0.39 is 10.1 Å². The maximum atomic E-state index is 11.0. The van der Waals surface area contributed by atoms with Crippen LogP contribution in [0.3, 0.4) is 0 Å². The molecule has 0 amide bonds. The molecule has 0 atom stereocenters. The molecule has 1 aliphatic heterocycles. The summed E-state index contributed by atoms with van der Waals surface area (Å²) in [5.41, 5.74) is 2.26. The summed E-state index contributed by atoms with van der Waals surface area (Å²) >= 11 is 0. The summed E-state index contributed by atoms with van der Waals surface area (Å²) in [4.78, 5) is 4.29. The van der Waals surface area contributed by atoms with Crippen LogP contribution in [-0.4, -0.2) is 48.2 Å². The molecule has 1 aliphatic rings. The van der Waals surface area contributed by atoms with E-state index in [9.17, 15) is 8.42 Å². The molecule has 0 unspecified atom stereocenters. The summed E-state index contributed by atoms with van der Waals surface area (Å²) in [5.74, 6) is 0. The minimum Gasteiger partial charge on any atom is -0.282 e. The molecule has 0 aliphatic carbocycles. The van der Waals surface area contributed by atoms with E-state index in [1.165, 1.54) is 12.1 Å². The largest absolute Gasteiger partial charge is 0.294 e. The fourth-order valence-corrected chi connectivity index (χ4v) is 2.30. The average molecular weight is 262 g/mol. The Morgan fingerprint density at radius 3 is 2.41 bits per heavy atom. The Morgan fingerprint density at radius 2 is 1.88 bits per heavy atom. The van der Waals surface area contributed by atoms with Crippen LogP contribution in [0.5, 0.6) is 0 Å². The second kappa shape index (κ2) is 4.48. The maximum absolute atomic E-state index is 11.0. The third-order valence-corrected chi connectivity index (χ3v) is 3.98. The van der Waals surface area contributed by atoms with Crippen LogP contribution in [0.1, 0.15) is 26.3 Å². The molecule has 1 aromatic rings. The predicted octanol–water partition coefficient (Wildman–Crippen LogP) is 1.94. The van der Waals surface area contributed by atoms with Crippen molar-refractivity contribution in [2.75, 3.05) is 0 Å². The number of rotatable bonds is 1.